The van der Waals surface area contributed by atoms with Crippen molar-refractivity contribution >= 4 is 29.1 Å². The molecule has 1 unspecified atom stereocenters. The van der Waals surface area contributed by atoms with Crippen LogP contribution in [0.2, 0.25) is 10.0 Å². The van der Waals surface area contributed by atoms with Crippen molar-refractivity contribution in [1.82, 2.24) is 25.5 Å². The summed E-state index contributed by atoms with van der Waals surface area (Å²) < 4.78 is 15.1. The lowest BCUT2D eigenvalue weighted by Gasteiger charge is -2.16. The van der Waals surface area contributed by atoms with Crippen molar-refractivity contribution in [3.05, 3.63) is 69.7 Å². The largest absolute Gasteiger partial charge is 0.345 e. The Kier molecular flexibility index (Phi) is 4.96. The van der Waals surface area contributed by atoms with Crippen molar-refractivity contribution < 1.29 is 9.18 Å². The van der Waals surface area contributed by atoms with Crippen molar-refractivity contribution in [2.24, 2.45) is 0 Å². The van der Waals surface area contributed by atoms with Gasteiger partial charge in [-0.25, -0.2) is 9.07 Å². The minimum atomic E-state index is -0.590. The molecule has 1 atom stereocenters. The number of nitrogens with one attached hydrogen (secondary N) is 1. The molecule has 128 valence electrons. The smallest absolute Gasteiger partial charge is 0.251 e. The second-order valence-electron chi connectivity index (χ2n) is 5.28. The van der Waals surface area contributed by atoms with E-state index in [1.54, 1.807) is 31.2 Å². The van der Waals surface area contributed by atoms with Gasteiger partial charge in [-0.3, -0.25) is 4.79 Å². The highest BCUT2D eigenvalue weighted by atomic mass is 35.5. The molecule has 0 saturated heterocycles. The number of benzene rings is 2. The maximum atomic E-state index is 13.6. The summed E-state index contributed by atoms with van der Waals surface area (Å²) in [6.45, 7) is 1.71. The van der Waals surface area contributed by atoms with Crippen LogP contribution in [0.4, 0.5) is 4.39 Å². The molecule has 1 N–H and O–H groups in total. The average molecular weight is 380 g/mol. The van der Waals surface area contributed by atoms with Crippen molar-refractivity contribution in [2.75, 3.05) is 0 Å². The quantitative estimate of drug-likeness (QED) is 0.702. The molecule has 1 amide bonds. The average Bonchev–Trinajstić information content (AvgIpc) is 3.12. The van der Waals surface area contributed by atoms with Crippen LogP contribution in [-0.4, -0.2) is 26.1 Å². The highest BCUT2D eigenvalue weighted by Crippen LogP contribution is 2.28. The number of aromatic nitrogens is 4. The third-order valence-electron chi connectivity index (χ3n) is 3.60. The van der Waals surface area contributed by atoms with Gasteiger partial charge in [0.1, 0.15) is 12.1 Å². The van der Waals surface area contributed by atoms with Gasteiger partial charge in [-0.15, -0.1) is 5.10 Å². The van der Waals surface area contributed by atoms with Gasteiger partial charge >= 0.3 is 0 Å². The number of halogens is 3. The summed E-state index contributed by atoms with van der Waals surface area (Å²) in [6.07, 6.45) is 1.45. The minimum Gasteiger partial charge on any atom is -0.345 e. The monoisotopic (exact) mass is 379 g/mol. The Labute approximate surface area is 152 Å². The van der Waals surface area contributed by atoms with Gasteiger partial charge in [0.15, 0.2) is 0 Å². The van der Waals surface area contributed by atoms with Crippen LogP contribution in [0.1, 0.15) is 28.9 Å². The van der Waals surface area contributed by atoms with Gasteiger partial charge in [-0.1, -0.05) is 23.2 Å². The van der Waals surface area contributed by atoms with Gasteiger partial charge in [0.2, 0.25) is 0 Å². The molecule has 0 aliphatic heterocycles. The molecule has 0 saturated carbocycles. The fourth-order valence-corrected chi connectivity index (χ4v) is 2.82. The van der Waals surface area contributed by atoms with Crippen LogP contribution in [0.5, 0.6) is 0 Å². The fraction of sp³-hybridized carbons (Fsp3) is 0.125. The zero-order chi connectivity index (χ0) is 18.0. The molecule has 9 heteroatoms. The van der Waals surface area contributed by atoms with Crippen LogP contribution in [0.3, 0.4) is 0 Å². The maximum Gasteiger partial charge on any atom is 0.251 e. The minimum absolute atomic E-state index is 0.0644. The van der Waals surface area contributed by atoms with Gasteiger partial charge in [-0.05, 0) is 59.3 Å². The van der Waals surface area contributed by atoms with Gasteiger partial charge in [0, 0.05) is 10.6 Å². The normalized spacial score (nSPS) is 12.0. The summed E-state index contributed by atoms with van der Waals surface area (Å²) in [5.41, 5.74) is 1.61. The molecular formula is C16H12Cl2FN5O. The highest BCUT2D eigenvalue weighted by molar-refractivity contribution is 6.35. The van der Waals surface area contributed by atoms with Crippen molar-refractivity contribution in [1.29, 1.82) is 0 Å². The first kappa shape index (κ1) is 17.3. The van der Waals surface area contributed by atoms with E-state index in [9.17, 15) is 9.18 Å². The number of amides is 1. The summed E-state index contributed by atoms with van der Waals surface area (Å²) in [5, 5.41) is 13.9. The van der Waals surface area contributed by atoms with Gasteiger partial charge in [0.25, 0.3) is 5.91 Å². The predicted octanol–water partition coefficient (Wildman–Crippen LogP) is 3.60. The zero-order valence-corrected chi connectivity index (χ0v) is 14.5. The third kappa shape index (κ3) is 3.78. The Morgan fingerprint density at radius 2 is 1.92 bits per heavy atom. The molecule has 25 heavy (non-hydrogen) atoms. The molecule has 0 aliphatic rings. The van der Waals surface area contributed by atoms with Crippen LogP contribution in [0, 0.1) is 5.82 Å². The van der Waals surface area contributed by atoms with Crippen molar-refractivity contribution in [2.45, 2.75) is 13.0 Å². The molecule has 0 bridgehead atoms. The number of tetrazole rings is 1. The Morgan fingerprint density at radius 3 is 2.56 bits per heavy atom. The lowest BCUT2D eigenvalue weighted by atomic mass is 10.1. The number of hydrogen-bond donors (Lipinski definition) is 1. The van der Waals surface area contributed by atoms with E-state index in [2.05, 4.69) is 20.8 Å². The Hall–Kier alpha value is -2.51. The zero-order valence-electron chi connectivity index (χ0n) is 12.9. The van der Waals surface area contributed by atoms with Crippen LogP contribution >= 0.6 is 23.2 Å². The Morgan fingerprint density at radius 1 is 1.20 bits per heavy atom. The van der Waals surface area contributed by atoms with Crippen LogP contribution in [0.15, 0.2) is 42.7 Å². The molecule has 0 spiro atoms. The standard InChI is InChI=1S/C16H12Cl2FN5O/c1-9(12-6-15(19)14(18)7-13(12)17)21-16(25)10-2-4-11(5-3-10)24-8-20-22-23-24/h2-9H,1H3,(H,21,25). The lowest BCUT2D eigenvalue weighted by Crippen LogP contribution is -2.27. The summed E-state index contributed by atoms with van der Waals surface area (Å²) in [4.78, 5) is 12.4. The van der Waals surface area contributed by atoms with Crippen molar-refractivity contribution in [3.63, 3.8) is 0 Å². The molecule has 0 fully saturated rings. The van der Waals surface area contributed by atoms with Crippen LogP contribution < -0.4 is 5.32 Å². The predicted molar refractivity (Wildman–Crippen MR) is 91.5 cm³/mol. The third-order valence-corrected chi connectivity index (χ3v) is 4.21. The molecule has 3 rings (SSSR count). The molecule has 6 nitrogen and oxygen atoms in total. The first-order valence-electron chi connectivity index (χ1n) is 7.24. The Bertz CT molecular complexity index is 900. The second kappa shape index (κ2) is 7.16. The van der Waals surface area contributed by atoms with E-state index in [0.717, 1.165) is 5.69 Å². The van der Waals surface area contributed by atoms with Crippen LogP contribution in [0.25, 0.3) is 5.69 Å². The first-order valence-corrected chi connectivity index (χ1v) is 8.00. The summed E-state index contributed by atoms with van der Waals surface area (Å²) in [7, 11) is 0. The molecule has 3 aromatic rings. The van der Waals surface area contributed by atoms with Gasteiger partial charge in [-0.2, -0.15) is 0 Å². The van der Waals surface area contributed by atoms with E-state index in [1.807, 2.05) is 0 Å². The van der Waals surface area contributed by atoms with E-state index >= 15 is 0 Å². The molecule has 1 heterocycles. The summed E-state index contributed by atoms with van der Waals surface area (Å²) in [6, 6.07) is 8.75. The number of carbonyl (C=O) groups is 1. The number of nitrogens with zero attached hydrogens (tertiary/aromatic N) is 4. The van der Waals surface area contributed by atoms with E-state index in [4.69, 9.17) is 23.2 Å². The summed E-state index contributed by atoms with van der Waals surface area (Å²) >= 11 is 11.8. The Balaban J connectivity index is 1.74. The summed E-state index contributed by atoms with van der Waals surface area (Å²) in [5.74, 6) is -0.907. The fourth-order valence-electron chi connectivity index (χ4n) is 2.27. The number of carbonyl (C=O) groups excluding carboxylic acids is 1. The highest BCUT2D eigenvalue weighted by Gasteiger charge is 2.16. The number of hydrogen-bond acceptors (Lipinski definition) is 4. The first-order chi connectivity index (χ1) is 12.0. The van der Waals surface area contributed by atoms with Crippen LogP contribution in [-0.2, 0) is 0 Å². The van der Waals surface area contributed by atoms with E-state index in [1.165, 1.54) is 23.1 Å². The number of rotatable bonds is 4. The van der Waals surface area contributed by atoms with E-state index in [0.29, 0.717) is 11.1 Å². The van der Waals surface area contributed by atoms with E-state index < -0.39 is 11.9 Å². The molecule has 1 aromatic heterocycles. The molecular weight excluding hydrogens is 368 g/mol. The molecule has 0 aliphatic carbocycles. The SMILES string of the molecule is CC(NC(=O)c1ccc(-n2cnnn2)cc1)c1cc(F)c(Cl)cc1Cl. The molecule has 2 aromatic carbocycles. The topological polar surface area (TPSA) is 72.7 Å². The van der Waals surface area contributed by atoms with Gasteiger partial charge in [0.05, 0.1) is 16.8 Å². The van der Waals surface area contributed by atoms with Crippen molar-refractivity contribution in [3.8, 4) is 5.69 Å². The van der Waals surface area contributed by atoms with E-state index in [-0.39, 0.29) is 16.0 Å². The lowest BCUT2D eigenvalue weighted by molar-refractivity contribution is 0.0940. The van der Waals surface area contributed by atoms with Gasteiger partial charge < -0.3 is 5.32 Å². The second-order valence-corrected chi connectivity index (χ2v) is 6.10. The maximum absolute atomic E-state index is 13.6. The molecule has 0 radical (unpaired) electrons.